The van der Waals surface area contributed by atoms with E-state index < -0.39 is 17.8 Å². The van der Waals surface area contributed by atoms with Crippen molar-refractivity contribution in [2.24, 2.45) is 0 Å². The molecule has 0 spiro atoms. The Morgan fingerprint density at radius 3 is 2.60 bits per heavy atom. The first-order chi connectivity index (χ1) is 9.52. The van der Waals surface area contributed by atoms with Gasteiger partial charge in [0.1, 0.15) is 5.82 Å². The summed E-state index contributed by atoms with van der Waals surface area (Å²) in [4.78, 5) is 26.1. The van der Waals surface area contributed by atoms with Gasteiger partial charge in [-0.3, -0.25) is 4.98 Å². The van der Waals surface area contributed by atoms with Gasteiger partial charge in [0.25, 0.3) is 0 Å². The molecule has 0 radical (unpaired) electrons. The van der Waals surface area contributed by atoms with Crippen LogP contribution in [0.2, 0.25) is 0 Å². The Balaban J connectivity index is 2.50. The third kappa shape index (κ3) is 2.64. The van der Waals surface area contributed by atoms with Gasteiger partial charge in [-0.05, 0) is 23.8 Å². The molecule has 0 atom stereocenters. The summed E-state index contributed by atoms with van der Waals surface area (Å²) in [6, 6.07) is 5.24. The summed E-state index contributed by atoms with van der Waals surface area (Å²) in [6.07, 6.45) is 2.64. The molecule has 0 aliphatic carbocycles. The van der Waals surface area contributed by atoms with Gasteiger partial charge in [0.05, 0.1) is 18.2 Å². The van der Waals surface area contributed by atoms with Gasteiger partial charge in [0.2, 0.25) is 0 Å². The first-order valence-corrected chi connectivity index (χ1v) is 5.59. The number of methoxy groups -OCH3 is 1. The molecule has 0 fully saturated rings. The Morgan fingerprint density at radius 2 is 1.95 bits per heavy atom. The van der Waals surface area contributed by atoms with Gasteiger partial charge in [-0.15, -0.1) is 0 Å². The third-order valence-electron chi connectivity index (χ3n) is 2.69. The van der Waals surface area contributed by atoms with Crippen LogP contribution in [-0.2, 0) is 4.74 Å². The number of carbonyl (C=O) groups is 2. The fraction of sp³-hybridized carbons (Fsp3) is 0.0714. The summed E-state index contributed by atoms with van der Waals surface area (Å²) >= 11 is 0. The Labute approximate surface area is 113 Å². The van der Waals surface area contributed by atoms with Gasteiger partial charge in [0.15, 0.2) is 0 Å². The van der Waals surface area contributed by atoms with E-state index in [0.717, 1.165) is 13.2 Å². The van der Waals surface area contributed by atoms with Crippen molar-refractivity contribution in [3.8, 4) is 11.1 Å². The molecule has 0 unspecified atom stereocenters. The smallest absolute Gasteiger partial charge is 0.340 e. The van der Waals surface area contributed by atoms with Crippen LogP contribution < -0.4 is 0 Å². The molecule has 0 amide bonds. The van der Waals surface area contributed by atoms with Gasteiger partial charge >= 0.3 is 11.9 Å². The Hall–Kier alpha value is -2.76. The number of halogens is 1. The number of pyridine rings is 1. The first-order valence-electron chi connectivity index (χ1n) is 5.59. The number of rotatable bonds is 3. The van der Waals surface area contributed by atoms with Crippen LogP contribution in [-0.4, -0.2) is 29.1 Å². The summed E-state index contributed by atoms with van der Waals surface area (Å²) in [5.74, 6) is -2.62. The average Bonchev–Trinajstić information content (AvgIpc) is 2.47. The van der Waals surface area contributed by atoms with Crippen LogP contribution in [0.5, 0.6) is 0 Å². The molecule has 5 nitrogen and oxygen atoms in total. The fourth-order valence-corrected chi connectivity index (χ4v) is 1.69. The molecule has 2 aromatic rings. The van der Waals surface area contributed by atoms with Crippen molar-refractivity contribution < 1.29 is 23.8 Å². The molecule has 0 aliphatic rings. The van der Waals surface area contributed by atoms with E-state index in [0.29, 0.717) is 11.1 Å². The predicted molar refractivity (Wildman–Crippen MR) is 67.9 cm³/mol. The molecule has 102 valence electrons. The highest BCUT2D eigenvalue weighted by Crippen LogP contribution is 2.22. The SMILES string of the molecule is COC(=O)c1cc(-c2cncc(C(=O)O)c2)ccc1F. The van der Waals surface area contributed by atoms with Crippen molar-refractivity contribution in [1.82, 2.24) is 4.98 Å². The zero-order valence-electron chi connectivity index (χ0n) is 10.5. The number of esters is 1. The minimum absolute atomic E-state index is 0.00597. The summed E-state index contributed by atoms with van der Waals surface area (Å²) in [7, 11) is 1.15. The number of nitrogens with zero attached hydrogens (tertiary/aromatic N) is 1. The molecule has 1 aromatic heterocycles. The number of benzene rings is 1. The topological polar surface area (TPSA) is 76.5 Å². The molecule has 0 saturated carbocycles. The number of carbonyl (C=O) groups excluding carboxylic acids is 1. The quantitative estimate of drug-likeness (QED) is 0.870. The average molecular weight is 275 g/mol. The van der Waals surface area contributed by atoms with E-state index in [9.17, 15) is 14.0 Å². The highest BCUT2D eigenvalue weighted by Gasteiger charge is 2.14. The lowest BCUT2D eigenvalue weighted by atomic mass is 10.0. The van der Waals surface area contributed by atoms with Crippen LogP contribution in [0.1, 0.15) is 20.7 Å². The summed E-state index contributed by atoms with van der Waals surface area (Å²) in [5, 5.41) is 8.91. The fourth-order valence-electron chi connectivity index (χ4n) is 1.69. The Morgan fingerprint density at radius 1 is 1.20 bits per heavy atom. The van der Waals surface area contributed by atoms with Crippen LogP contribution in [0.4, 0.5) is 4.39 Å². The Kier molecular flexibility index (Phi) is 3.74. The van der Waals surface area contributed by atoms with Crippen molar-refractivity contribution in [3.63, 3.8) is 0 Å². The normalized spacial score (nSPS) is 10.1. The number of hydrogen-bond acceptors (Lipinski definition) is 4. The highest BCUT2D eigenvalue weighted by molar-refractivity contribution is 5.92. The van der Waals surface area contributed by atoms with Gasteiger partial charge < -0.3 is 9.84 Å². The maximum absolute atomic E-state index is 13.5. The predicted octanol–water partition coefficient (Wildman–Crippen LogP) is 2.37. The van der Waals surface area contributed by atoms with Gasteiger partial charge in [0, 0.05) is 18.0 Å². The van der Waals surface area contributed by atoms with Crippen molar-refractivity contribution >= 4 is 11.9 Å². The van der Waals surface area contributed by atoms with Gasteiger partial charge in [-0.1, -0.05) is 6.07 Å². The molecular formula is C14H10FNO4. The number of hydrogen-bond donors (Lipinski definition) is 1. The summed E-state index contributed by atoms with van der Waals surface area (Å²) in [5.41, 5.74) is 0.731. The molecular weight excluding hydrogens is 265 g/mol. The maximum atomic E-state index is 13.5. The van der Waals surface area contributed by atoms with Crippen LogP contribution in [0.25, 0.3) is 11.1 Å². The Bertz CT molecular complexity index is 685. The van der Waals surface area contributed by atoms with Crippen LogP contribution in [0.15, 0.2) is 36.7 Å². The van der Waals surface area contributed by atoms with E-state index in [-0.39, 0.29) is 11.1 Å². The highest BCUT2D eigenvalue weighted by atomic mass is 19.1. The molecule has 1 aromatic carbocycles. The van der Waals surface area contributed by atoms with E-state index in [2.05, 4.69) is 9.72 Å². The largest absolute Gasteiger partial charge is 0.478 e. The number of aromatic carboxylic acids is 1. The monoisotopic (exact) mass is 275 g/mol. The van der Waals surface area contributed by atoms with Gasteiger partial charge in [-0.2, -0.15) is 0 Å². The second kappa shape index (κ2) is 5.48. The number of carboxylic acid groups (broad SMARTS) is 1. The second-order valence-corrected chi connectivity index (χ2v) is 3.95. The second-order valence-electron chi connectivity index (χ2n) is 3.95. The summed E-state index contributed by atoms with van der Waals surface area (Å²) < 4.78 is 18.0. The van der Waals surface area contributed by atoms with Crippen molar-refractivity contribution in [2.75, 3.05) is 7.11 Å². The molecule has 20 heavy (non-hydrogen) atoms. The molecule has 6 heteroatoms. The minimum Gasteiger partial charge on any atom is -0.478 e. The minimum atomic E-state index is -1.12. The molecule has 1 N–H and O–H groups in total. The van der Waals surface area contributed by atoms with E-state index in [4.69, 9.17) is 5.11 Å². The lowest BCUT2D eigenvalue weighted by Gasteiger charge is -2.06. The third-order valence-corrected chi connectivity index (χ3v) is 2.69. The van der Waals surface area contributed by atoms with E-state index in [1.165, 1.54) is 30.6 Å². The zero-order chi connectivity index (χ0) is 14.7. The molecule has 0 bridgehead atoms. The number of carboxylic acids is 1. The van der Waals surface area contributed by atoms with Crippen molar-refractivity contribution in [1.29, 1.82) is 0 Å². The van der Waals surface area contributed by atoms with E-state index >= 15 is 0 Å². The summed E-state index contributed by atoms with van der Waals surface area (Å²) in [6.45, 7) is 0. The van der Waals surface area contributed by atoms with Crippen LogP contribution >= 0.6 is 0 Å². The van der Waals surface area contributed by atoms with Crippen LogP contribution in [0, 0.1) is 5.82 Å². The lowest BCUT2D eigenvalue weighted by molar-refractivity contribution is 0.0594. The lowest BCUT2D eigenvalue weighted by Crippen LogP contribution is -2.04. The molecule has 2 rings (SSSR count). The van der Waals surface area contributed by atoms with Gasteiger partial charge in [-0.25, -0.2) is 14.0 Å². The molecule has 1 heterocycles. The van der Waals surface area contributed by atoms with Crippen LogP contribution in [0.3, 0.4) is 0 Å². The zero-order valence-corrected chi connectivity index (χ0v) is 10.5. The number of aromatic nitrogens is 1. The molecule has 0 aliphatic heterocycles. The number of ether oxygens (including phenoxy) is 1. The maximum Gasteiger partial charge on any atom is 0.340 e. The van der Waals surface area contributed by atoms with E-state index in [1.807, 2.05) is 0 Å². The standard InChI is InChI=1S/C14H10FNO4/c1-20-14(19)11-5-8(2-3-12(11)15)9-4-10(13(17)18)7-16-6-9/h2-7H,1H3,(H,17,18). The van der Waals surface area contributed by atoms with E-state index in [1.54, 1.807) is 0 Å². The molecule has 0 saturated heterocycles. The van der Waals surface area contributed by atoms with Crippen molar-refractivity contribution in [2.45, 2.75) is 0 Å². The van der Waals surface area contributed by atoms with Crippen molar-refractivity contribution in [3.05, 3.63) is 53.6 Å². The first kappa shape index (κ1) is 13.7.